The zero-order chi connectivity index (χ0) is 13.6. The summed E-state index contributed by atoms with van der Waals surface area (Å²) in [6.07, 6.45) is 1.98. The molecule has 0 N–H and O–H groups in total. The Balaban J connectivity index is 2.90. The Kier molecular flexibility index (Phi) is 4.97. The van der Waals surface area contributed by atoms with Crippen molar-refractivity contribution in [3.05, 3.63) is 35.4 Å². The van der Waals surface area contributed by atoms with Gasteiger partial charge in [-0.2, -0.15) is 0 Å². The second-order valence-corrected chi connectivity index (χ2v) is 4.75. The number of hydrogen-bond donors (Lipinski definition) is 0. The molecule has 0 radical (unpaired) electrons. The zero-order valence-corrected chi connectivity index (χ0v) is 11.5. The number of carbonyl (C=O) groups is 1. The summed E-state index contributed by atoms with van der Waals surface area (Å²) >= 11 is 0. The van der Waals surface area contributed by atoms with Crippen molar-refractivity contribution in [1.29, 1.82) is 0 Å². The van der Waals surface area contributed by atoms with E-state index >= 15 is 0 Å². The normalized spacial score (nSPS) is 10.4. The van der Waals surface area contributed by atoms with E-state index < -0.39 is 5.41 Å². The number of carbonyl (C=O) groups excluding carboxylic acids is 1. The Hall–Kier alpha value is -1.75. The van der Waals surface area contributed by atoms with Crippen LogP contribution in [-0.4, -0.2) is 13.1 Å². The van der Waals surface area contributed by atoms with Crippen molar-refractivity contribution in [3.8, 4) is 11.8 Å². The van der Waals surface area contributed by atoms with Gasteiger partial charge in [0, 0.05) is 12.0 Å². The second-order valence-electron chi connectivity index (χ2n) is 4.75. The topological polar surface area (TPSA) is 26.3 Å². The largest absolute Gasteiger partial charge is 0.468 e. The summed E-state index contributed by atoms with van der Waals surface area (Å²) in [5.41, 5.74) is 1.30. The molecule has 0 amide bonds. The number of hydrogen-bond acceptors (Lipinski definition) is 2. The maximum atomic E-state index is 11.7. The van der Waals surface area contributed by atoms with Crippen LogP contribution in [0.15, 0.2) is 24.3 Å². The van der Waals surface area contributed by atoms with E-state index in [0.717, 1.165) is 24.0 Å². The van der Waals surface area contributed by atoms with Crippen LogP contribution in [0.3, 0.4) is 0 Å². The Morgan fingerprint density at radius 2 is 1.89 bits per heavy atom. The molecule has 1 aromatic carbocycles. The van der Waals surface area contributed by atoms with Gasteiger partial charge in [0.2, 0.25) is 0 Å². The van der Waals surface area contributed by atoms with E-state index in [9.17, 15) is 4.79 Å². The molecular weight excluding hydrogens is 224 g/mol. The Labute approximate surface area is 109 Å². The van der Waals surface area contributed by atoms with Crippen molar-refractivity contribution in [2.24, 2.45) is 0 Å². The molecule has 0 bridgehead atoms. The number of benzene rings is 1. The van der Waals surface area contributed by atoms with Crippen molar-refractivity contribution >= 4 is 5.97 Å². The Morgan fingerprint density at radius 1 is 1.28 bits per heavy atom. The summed E-state index contributed by atoms with van der Waals surface area (Å²) < 4.78 is 4.81. The van der Waals surface area contributed by atoms with Gasteiger partial charge in [-0.3, -0.25) is 4.79 Å². The number of methoxy groups -OCH3 is 1. The summed E-state index contributed by atoms with van der Waals surface area (Å²) in [5.74, 6) is 5.97. The molecule has 0 unspecified atom stereocenters. The van der Waals surface area contributed by atoms with Gasteiger partial charge < -0.3 is 4.74 Å². The first-order chi connectivity index (χ1) is 8.52. The molecule has 0 aromatic heterocycles. The van der Waals surface area contributed by atoms with Crippen LogP contribution in [0.1, 0.15) is 44.7 Å². The highest BCUT2D eigenvalue weighted by Crippen LogP contribution is 2.24. The molecular formula is C16H20O2. The zero-order valence-electron chi connectivity index (χ0n) is 11.5. The van der Waals surface area contributed by atoms with Gasteiger partial charge in [0.1, 0.15) is 0 Å². The minimum atomic E-state index is -0.621. The van der Waals surface area contributed by atoms with Crippen LogP contribution >= 0.6 is 0 Å². The van der Waals surface area contributed by atoms with Crippen molar-refractivity contribution in [1.82, 2.24) is 0 Å². The van der Waals surface area contributed by atoms with Crippen molar-refractivity contribution in [3.63, 3.8) is 0 Å². The third-order valence-electron chi connectivity index (χ3n) is 2.91. The first-order valence-corrected chi connectivity index (χ1v) is 6.20. The van der Waals surface area contributed by atoms with E-state index in [-0.39, 0.29) is 5.97 Å². The lowest BCUT2D eigenvalue weighted by Crippen LogP contribution is -2.30. The second kappa shape index (κ2) is 6.26. The lowest BCUT2D eigenvalue weighted by Gasteiger charge is -2.21. The van der Waals surface area contributed by atoms with Gasteiger partial charge in [-0.1, -0.05) is 30.9 Å². The fourth-order valence-corrected chi connectivity index (χ4v) is 1.63. The van der Waals surface area contributed by atoms with Gasteiger partial charge in [-0.05, 0) is 38.0 Å². The fourth-order valence-electron chi connectivity index (χ4n) is 1.63. The van der Waals surface area contributed by atoms with Crippen molar-refractivity contribution in [2.75, 3.05) is 7.11 Å². The first-order valence-electron chi connectivity index (χ1n) is 6.20. The molecule has 18 heavy (non-hydrogen) atoms. The molecule has 0 aliphatic heterocycles. The summed E-state index contributed by atoms with van der Waals surface area (Å²) in [6, 6.07) is 7.77. The third kappa shape index (κ3) is 3.37. The average Bonchev–Trinajstić information content (AvgIpc) is 2.38. The summed E-state index contributed by atoms with van der Waals surface area (Å²) in [5, 5.41) is 0. The van der Waals surface area contributed by atoms with Gasteiger partial charge in [0.15, 0.2) is 0 Å². The molecule has 0 fully saturated rings. The van der Waals surface area contributed by atoms with Gasteiger partial charge >= 0.3 is 5.97 Å². The molecule has 1 rings (SSSR count). The number of rotatable bonds is 3. The van der Waals surface area contributed by atoms with E-state index in [2.05, 4.69) is 18.8 Å². The highest BCUT2D eigenvalue weighted by atomic mass is 16.5. The predicted molar refractivity (Wildman–Crippen MR) is 73.3 cm³/mol. The lowest BCUT2D eigenvalue weighted by atomic mass is 9.84. The number of esters is 1. The molecule has 0 spiro atoms. The minimum Gasteiger partial charge on any atom is -0.468 e. The predicted octanol–water partition coefficient (Wildman–Crippen LogP) is 3.29. The van der Waals surface area contributed by atoms with Crippen LogP contribution < -0.4 is 0 Å². The van der Waals surface area contributed by atoms with Crippen LogP contribution in [-0.2, 0) is 14.9 Å². The maximum absolute atomic E-state index is 11.7. The van der Waals surface area contributed by atoms with Gasteiger partial charge in [-0.25, -0.2) is 0 Å². The van der Waals surface area contributed by atoms with Gasteiger partial charge in [-0.15, -0.1) is 0 Å². The van der Waals surface area contributed by atoms with Crippen LogP contribution in [0.5, 0.6) is 0 Å². The molecule has 0 saturated heterocycles. The quantitative estimate of drug-likeness (QED) is 0.602. The van der Waals surface area contributed by atoms with Crippen molar-refractivity contribution < 1.29 is 9.53 Å². The molecule has 0 heterocycles. The minimum absolute atomic E-state index is 0.229. The summed E-state index contributed by atoms with van der Waals surface area (Å²) in [6.45, 7) is 5.82. The van der Waals surface area contributed by atoms with Crippen LogP contribution in [0.2, 0.25) is 0 Å². The fraction of sp³-hybridized carbons (Fsp3) is 0.438. The molecule has 1 aromatic rings. The highest BCUT2D eigenvalue weighted by molar-refractivity contribution is 5.82. The van der Waals surface area contributed by atoms with Gasteiger partial charge in [0.05, 0.1) is 12.5 Å². The molecule has 0 saturated carbocycles. The Bertz CT molecular complexity index is 458. The number of ether oxygens (including phenoxy) is 1. The van der Waals surface area contributed by atoms with Crippen LogP contribution in [0.4, 0.5) is 0 Å². The molecule has 96 valence electrons. The van der Waals surface area contributed by atoms with E-state index in [1.54, 1.807) is 0 Å². The smallest absolute Gasteiger partial charge is 0.315 e. The Morgan fingerprint density at radius 3 is 2.39 bits per heavy atom. The summed E-state index contributed by atoms with van der Waals surface area (Å²) in [7, 11) is 1.41. The highest BCUT2D eigenvalue weighted by Gasteiger charge is 2.30. The third-order valence-corrected chi connectivity index (χ3v) is 2.91. The SMILES string of the molecule is CCCC#Cc1ccc(C(C)(C)C(=O)OC)cc1. The molecule has 0 aliphatic carbocycles. The van der Waals surface area contributed by atoms with Crippen LogP contribution in [0, 0.1) is 11.8 Å². The first kappa shape index (κ1) is 14.3. The molecule has 0 atom stereocenters. The number of unbranched alkanes of at least 4 members (excludes halogenated alkanes) is 1. The van der Waals surface area contributed by atoms with E-state index in [1.807, 2.05) is 38.1 Å². The van der Waals surface area contributed by atoms with Crippen molar-refractivity contribution in [2.45, 2.75) is 39.0 Å². The average molecular weight is 244 g/mol. The molecule has 2 heteroatoms. The maximum Gasteiger partial charge on any atom is 0.315 e. The summed E-state index contributed by atoms with van der Waals surface area (Å²) in [4.78, 5) is 11.7. The standard InChI is InChI=1S/C16H20O2/c1-5-6-7-8-13-9-11-14(12-10-13)16(2,3)15(17)18-4/h9-12H,5-6H2,1-4H3. The lowest BCUT2D eigenvalue weighted by molar-refractivity contribution is -0.146. The monoisotopic (exact) mass is 244 g/mol. The van der Waals surface area contributed by atoms with Crippen LogP contribution in [0.25, 0.3) is 0 Å². The van der Waals surface area contributed by atoms with Gasteiger partial charge in [0.25, 0.3) is 0 Å². The van der Waals surface area contributed by atoms with E-state index in [1.165, 1.54) is 7.11 Å². The van der Waals surface area contributed by atoms with E-state index in [4.69, 9.17) is 4.74 Å². The molecule has 0 aliphatic rings. The molecule has 2 nitrogen and oxygen atoms in total. The van der Waals surface area contributed by atoms with E-state index in [0.29, 0.717) is 0 Å².